The number of rotatable bonds is 5. The molecule has 5 heterocycles. The van der Waals surface area contributed by atoms with Gasteiger partial charge in [-0.1, -0.05) is 0 Å². The lowest BCUT2D eigenvalue weighted by atomic mass is 10.0. The van der Waals surface area contributed by atoms with Gasteiger partial charge in [-0.3, -0.25) is 15.1 Å². The van der Waals surface area contributed by atoms with Crippen molar-refractivity contribution in [2.45, 2.75) is 19.9 Å². The van der Waals surface area contributed by atoms with Gasteiger partial charge in [-0.05, 0) is 50.2 Å². The Kier molecular flexibility index (Phi) is 5.03. The number of halogens is 2. The molecule has 35 heavy (non-hydrogen) atoms. The molecule has 1 aromatic carbocycles. The van der Waals surface area contributed by atoms with Crippen LogP contribution in [-0.4, -0.2) is 36.2 Å². The van der Waals surface area contributed by atoms with Crippen molar-refractivity contribution in [2.24, 2.45) is 0 Å². The van der Waals surface area contributed by atoms with Crippen LogP contribution in [0.5, 0.6) is 0 Å². The maximum absolute atomic E-state index is 15.9. The van der Waals surface area contributed by atoms with Crippen LogP contribution in [0.15, 0.2) is 55.0 Å². The van der Waals surface area contributed by atoms with Gasteiger partial charge in [0.05, 0.1) is 27.0 Å². The van der Waals surface area contributed by atoms with Gasteiger partial charge in [-0.2, -0.15) is 9.49 Å². The van der Waals surface area contributed by atoms with Gasteiger partial charge in [-0.15, -0.1) is 11.3 Å². The van der Waals surface area contributed by atoms with Crippen LogP contribution in [0.1, 0.15) is 13.8 Å². The number of hydrogen-bond acceptors (Lipinski definition) is 6. The highest BCUT2D eigenvalue weighted by atomic mass is 32.1. The lowest BCUT2D eigenvalue weighted by Gasteiger charge is -2.11. The Morgan fingerprint density at radius 2 is 1.89 bits per heavy atom. The number of aromatic nitrogens is 6. The highest BCUT2D eigenvalue weighted by Gasteiger charge is 2.21. The van der Waals surface area contributed by atoms with E-state index in [2.05, 4.69) is 35.5 Å². The minimum Gasteiger partial charge on any atom is -0.382 e. The number of imidazole rings is 1. The number of H-pyrrole nitrogens is 2. The molecule has 0 unspecified atom stereocenters. The fraction of sp³-hybridized carbons (Fsp3) is 0.120. The number of nitrogens with one attached hydrogen (secondary N) is 3. The first-order chi connectivity index (χ1) is 17.0. The lowest BCUT2D eigenvalue weighted by Crippen LogP contribution is -2.09. The van der Waals surface area contributed by atoms with E-state index < -0.39 is 5.82 Å². The molecule has 10 heteroatoms. The summed E-state index contributed by atoms with van der Waals surface area (Å²) in [6.45, 7) is 4.06. The fourth-order valence-corrected chi connectivity index (χ4v) is 4.86. The Labute approximate surface area is 202 Å². The number of anilines is 1. The second-order valence-electron chi connectivity index (χ2n) is 8.43. The molecule has 6 aromatic rings. The second-order valence-corrected chi connectivity index (χ2v) is 9.46. The molecule has 0 bridgehead atoms. The molecular weight excluding hydrogens is 468 g/mol. The fourth-order valence-electron chi connectivity index (χ4n) is 4.14. The first-order valence-electron chi connectivity index (χ1n) is 11.0. The van der Waals surface area contributed by atoms with Gasteiger partial charge in [0.2, 0.25) is 0 Å². The molecule has 174 valence electrons. The third-order valence-corrected chi connectivity index (χ3v) is 6.48. The zero-order valence-corrected chi connectivity index (χ0v) is 19.5. The van der Waals surface area contributed by atoms with Crippen LogP contribution in [0, 0.1) is 10.9 Å². The van der Waals surface area contributed by atoms with Gasteiger partial charge in [0.15, 0.2) is 11.0 Å². The Balaban J connectivity index is 1.49. The predicted octanol–water partition coefficient (Wildman–Crippen LogP) is 6.39. The van der Waals surface area contributed by atoms with E-state index in [1.165, 1.54) is 6.07 Å². The largest absolute Gasteiger partial charge is 0.382 e. The zero-order valence-electron chi connectivity index (χ0n) is 18.7. The summed E-state index contributed by atoms with van der Waals surface area (Å²) in [4.78, 5) is 17.2. The van der Waals surface area contributed by atoms with Gasteiger partial charge in [0, 0.05) is 35.8 Å². The van der Waals surface area contributed by atoms with Crippen molar-refractivity contribution >= 4 is 39.0 Å². The summed E-state index contributed by atoms with van der Waals surface area (Å²) in [5.74, 6) is -0.0317. The zero-order chi connectivity index (χ0) is 24.1. The summed E-state index contributed by atoms with van der Waals surface area (Å²) >= 11 is 0.996. The smallest absolute Gasteiger partial charge is 0.177 e. The number of benzene rings is 1. The van der Waals surface area contributed by atoms with Crippen molar-refractivity contribution in [1.29, 1.82) is 0 Å². The summed E-state index contributed by atoms with van der Waals surface area (Å²) in [6.07, 6.45) is 4.97. The molecule has 5 aromatic heterocycles. The highest BCUT2D eigenvalue weighted by Crippen LogP contribution is 2.36. The van der Waals surface area contributed by atoms with Gasteiger partial charge in [-0.25, -0.2) is 9.37 Å². The number of thiophene rings is 1. The Bertz CT molecular complexity index is 1700. The van der Waals surface area contributed by atoms with Crippen molar-refractivity contribution in [2.75, 3.05) is 5.32 Å². The van der Waals surface area contributed by atoms with Gasteiger partial charge in [0.1, 0.15) is 22.7 Å². The van der Waals surface area contributed by atoms with Crippen LogP contribution in [-0.2, 0) is 0 Å². The van der Waals surface area contributed by atoms with Crippen LogP contribution >= 0.6 is 11.3 Å². The van der Waals surface area contributed by atoms with Crippen molar-refractivity contribution < 1.29 is 8.78 Å². The van der Waals surface area contributed by atoms with E-state index in [1.54, 1.807) is 42.9 Å². The molecule has 0 saturated carbocycles. The number of nitrogens with zero attached hydrogens (tertiary/aromatic N) is 4. The van der Waals surface area contributed by atoms with E-state index in [1.807, 2.05) is 19.9 Å². The van der Waals surface area contributed by atoms with Gasteiger partial charge < -0.3 is 10.3 Å². The summed E-state index contributed by atoms with van der Waals surface area (Å²) in [6, 6.07) is 10.4. The van der Waals surface area contributed by atoms with Crippen molar-refractivity contribution in [1.82, 2.24) is 30.1 Å². The van der Waals surface area contributed by atoms with Crippen LogP contribution in [0.2, 0.25) is 0 Å². The minimum atomic E-state index is -0.422. The second kappa shape index (κ2) is 8.24. The first-order valence-corrected chi connectivity index (χ1v) is 11.8. The van der Waals surface area contributed by atoms with Gasteiger partial charge in [0.25, 0.3) is 0 Å². The minimum absolute atomic E-state index is 0.220. The van der Waals surface area contributed by atoms with Crippen molar-refractivity contribution in [3.63, 3.8) is 0 Å². The van der Waals surface area contributed by atoms with Crippen molar-refractivity contribution in [3.05, 3.63) is 65.9 Å². The topological polar surface area (TPSA) is 95.2 Å². The standard InChI is InChI=1S/C25H19F2N7S/c1-12(2)30-14-9-13(10-28-11-14)15-3-4-16-20(21(15)27)24(34-33-16)25-31-17-7-8-29-23(22(17)32-25)18-5-6-19(26)35-18/h3-12,30H,1-2H3,(H,31,32)(H,33,34). The highest BCUT2D eigenvalue weighted by molar-refractivity contribution is 7.13. The van der Waals surface area contributed by atoms with E-state index in [4.69, 9.17) is 0 Å². The summed E-state index contributed by atoms with van der Waals surface area (Å²) in [5.41, 5.74) is 4.59. The van der Waals surface area contributed by atoms with E-state index in [0.29, 0.717) is 55.2 Å². The number of pyridine rings is 2. The molecule has 0 aliphatic carbocycles. The number of fused-ring (bicyclic) bond motifs is 2. The van der Waals surface area contributed by atoms with Crippen LogP contribution < -0.4 is 5.32 Å². The van der Waals surface area contributed by atoms with Crippen molar-refractivity contribution in [3.8, 4) is 33.2 Å². The average molecular weight is 488 g/mol. The third-order valence-electron chi connectivity index (χ3n) is 5.60. The van der Waals surface area contributed by atoms with E-state index in [9.17, 15) is 4.39 Å². The molecule has 0 spiro atoms. The average Bonchev–Trinajstić information content (AvgIpc) is 3.56. The summed E-state index contributed by atoms with van der Waals surface area (Å²) in [7, 11) is 0. The predicted molar refractivity (Wildman–Crippen MR) is 134 cm³/mol. The Hall–Kier alpha value is -4.18. The number of hydrogen-bond donors (Lipinski definition) is 3. The molecular formula is C25H19F2N7S. The van der Waals surface area contributed by atoms with Gasteiger partial charge >= 0.3 is 0 Å². The number of aromatic amines is 2. The molecule has 3 N–H and O–H groups in total. The molecule has 0 saturated heterocycles. The molecule has 0 amide bonds. The van der Waals surface area contributed by atoms with Crippen LogP contribution in [0.25, 0.3) is 55.2 Å². The molecule has 0 radical (unpaired) electrons. The van der Waals surface area contributed by atoms with E-state index in [0.717, 1.165) is 17.0 Å². The quantitative estimate of drug-likeness (QED) is 0.262. The maximum atomic E-state index is 15.9. The molecule has 6 rings (SSSR count). The Morgan fingerprint density at radius 1 is 1.00 bits per heavy atom. The molecule has 0 aliphatic heterocycles. The SMILES string of the molecule is CC(C)Nc1cncc(-c2ccc3[nH]nc(-c4nc5c(-c6ccc(F)s6)nccc5[nH]4)c3c2F)c1. The summed E-state index contributed by atoms with van der Waals surface area (Å²) in [5, 5.41) is 10.6. The Morgan fingerprint density at radius 3 is 2.69 bits per heavy atom. The molecule has 7 nitrogen and oxygen atoms in total. The summed E-state index contributed by atoms with van der Waals surface area (Å²) < 4.78 is 29.6. The van der Waals surface area contributed by atoms with Crippen LogP contribution in [0.3, 0.4) is 0 Å². The molecule has 0 fully saturated rings. The first kappa shape index (κ1) is 21.4. The van der Waals surface area contributed by atoms with Crippen LogP contribution in [0.4, 0.5) is 14.5 Å². The lowest BCUT2D eigenvalue weighted by molar-refractivity contribution is 0.643. The normalized spacial score (nSPS) is 11.7. The monoisotopic (exact) mass is 487 g/mol. The third kappa shape index (κ3) is 3.71. The van der Waals surface area contributed by atoms with E-state index >= 15 is 4.39 Å². The maximum Gasteiger partial charge on any atom is 0.177 e. The molecule has 0 atom stereocenters. The van der Waals surface area contributed by atoms with E-state index in [-0.39, 0.29) is 11.2 Å². The molecule has 0 aliphatic rings.